The van der Waals surface area contributed by atoms with Crippen molar-refractivity contribution in [2.24, 2.45) is 0 Å². The number of thioether (sulfide) groups is 1. The summed E-state index contributed by atoms with van der Waals surface area (Å²) in [6, 6.07) is 9.12. The quantitative estimate of drug-likeness (QED) is 0.493. The summed E-state index contributed by atoms with van der Waals surface area (Å²) in [4.78, 5) is 29.0. The van der Waals surface area contributed by atoms with Crippen molar-refractivity contribution in [2.45, 2.75) is 19.0 Å². The Morgan fingerprint density at radius 1 is 1.33 bits per heavy atom. The van der Waals surface area contributed by atoms with Gasteiger partial charge in [-0.1, -0.05) is 30.0 Å². The second-order valence-corrected chi connectivity index (χ2v) is 5.03. The van der Waals surface area contributed by atoms with Crippen LogP contribution in [0.1, 0.15) is 23.0 Å². The average Bonchev–Trinajstić information content (AvgIpc) is 2.47. The maximum atomic E-state index is 12.7. The zero-order valence-electron chi connectivity index (χ0n) is 12.1. The zero-order chi connectivity index (χ0) is 15.4. The van der Waals surface area contributed by atoms with Crippen LogP contribution in [-0.2, 0) is 4.74 Å². The van der Waals surface area contributed by atoms with Gasteiger partial charge in [0.15, 0.2) is 5.16 Å². The molecule has 1 heterocycles. The summed E-state index contributed by atoms with van der Waals surface area (Å²) in [5, 5.41) is 0.539. The largest absolute Gasteiger partial charge is 0.462 e. The molecular weight excluding hydrogens is 288 g/mol. The third kappa shape index (κ3) is 3.00. The van der Waals surface area contributed by atoms with Crippen molar-refractivity contribution >= 4 is 17.7 Å². The van der Waals surface area contributed by atoms with Gasteiger partial charge < -0.3 is 4.74 Å². The number of aryl methyl sites for hydroxylation is 1. The number of esters is 1. The molecule has 6 heteroatoms. The van der Waals surface area contributed by atoms with Gasteiger partial charge in [-0.25, -0.2) is 9.78 Å². The predicted octanol–water partition coefficient (Wildman–Crippen LogP) is 2.44. The Kier molecular flexibility index (Phi) is 4.80. The van der Waals surface area contributed by atoms with Crippen molar-refractivity contribution in [3.05, 3.63) is 51.9 Å². The van der Waals surface area contributed by atoms with Crippen LogP contribution in [0.2, 0.25) is 0 Å². The topological polar surface area (TPSA) is 61.2 Å². The number of para-hydroxylation sites is 1. The first-order valence-corrected chi connectivity index (χ1v) is 7.72. The Hall–Kier alpha value is -2.08. The number of carbonyl (C=O) groups is 1. The van der Waals surface area contributed by atoms with Gasteiger partial charge in [0, 0.05) is 0 Å². The molecule has 0 unspecified atom stereocenters. The molecule has 0 bridgehead atoms. The first-order chi connectivity index (χ1) is 10.1. The summed E-state index contributed by atoms with van der Waals surface area (Å²) in [7, 11) is 0. The molecule has 0 aliphatic heterocycles. The third-order valence-electron chi connectivity index (χ3n) is 2.91. The first-order valence-electron chi connectivity index (χ1n) is 6.50. The molecule has 0 N–H and O–H groups in total. The lowest BCUT2D eigenvalue weighted by Gasteiger charge is -2.13. The van der Waals surface area contributed by atoms with Crippen LogP contribution in [0.3, 0.4) is 0 Å². The Morgan fingerprint density at radius 3 is 2.57 bits per heavy atom. The van der Waals surface area contributed by atoms with Crippen LogP contribution in [0.4, 0.5) is 0 Å². The highest BCUT2D eigenvalue weighted by atomic mass is 32.2. The minimum Gasteiger partial charge on any atom is -0.462 e. The smallest absolute Gasteiger partial charge is 0.345 e. The molecule has 1 aromatic carbocycles. The molecule has 0 saturated carbocycles. The highest BCUT2D eigenvalue weighted by molar-refractivity contribution is 7.98. The van der Waals surface area contributed by atoms with E-state index in [1.165, 1.54) is 16.3 Å². The molecule has 5 nitrogen and oxygen atoms in total. The van der Waals surface area contributed by atoms with Gasteiger partial charge in [-0.05, 0) is 32.2 Å². The number of rotatable bonds is 4. The van der Waals surface area contributed by atoms with E-state index in [1.807, 2.05) is 24.5 Å². The number of hydrogen-bond donors (Lipinski definition) is 0. The van der Waals surface area contributed by atoms with Gasteiger partial charge in [0.25, 0.3) is 5.56 Å². The monoisotopic (exact) mass is 304 g/mol. The highest BCUT2D eigenvalue weighted by Gasteiger charge is 2.21. The zero-order valence-corrected chi connectivity index (χ0v) is 12.9. The molecule has 0 atom stereocenters. The minimum atomic E-state index is -0.634. The molecule has 0 radical (unpaired) electrons. The fourth-order valence-corrected chi connectivity index (χ4v) is 2.58. The molecular formula is C15H16N2O3S. The molecule has 1 aromatic heterocycles. The van der Waals surface area contributed by atoms with E-state index in [0.29, 0.717) is 16.5 Å². The molecule has 0 fully saturated rings. The Balaban J connectivity index is 2.72. The molecule has 2 aromatic rings. The van der Waals surface area contributed by atoms with Gasteiger partial charge in [-0.15, -0.1) is 0 Å². The van der Waals surface area contributed by atoms with Crippen LogP contribution >= 0.6 is 11.8 Å². The molecule has 0 aliphatic rings. The van der Waals surface area contributed by atoms with Crippen LogP contribution in [0, 0.1) is 6.92 Å². The van der Waals surface area contributed by atoms with Crippen LogP contribution in [-0.4, -0.2) is 28.4 Å². The van der Waals surface area contributed by atoms with Crippen LogP contribution in [0.15, 0.2) is 40.3 Å². The molecule has 110 valence electrons. The van der Waals surface area contributed by atoms with E-state index in [1.54, 1.807) is 26.0 Å². The third-order valence-corrected chi connectivity index (χ3v) is 3.55. The standard InChI is InChI=1S/C15H16N2O3S/c1-4-20-14(19)12-10(2)16-15(21-3)17(13(12)18)11-8-6-5-7-9-11/h5-9H,4H2,1-3H3. The van der Waals surface area contributed by atoms with Crippen molar-refractivity contribution in [3.8, 4) is 5.69 Å². The minimum absolute atomic E-state index is 0.0153. The number of ether oxygens (including phenoxy) is 1. The number of aromatic nitrogens is 2. The van der Waals surface area contributed by atoms with Crippen LogP contribution < -0.4 is 5.56 Å². The lowest BCUT2D eigenvalue weighted by Crippen LogP contribution is -2.30. The Labute approximate surface area is 127 Å². The normalized spacial score (nSPS) is 10.4. The molecule has 2 rings (SSSR count). The van der Waals surface area contributed by atoms with Gasteiger partial charge >= 0.3 is 5.97 Å². The number of carbonyl (C=O) groups excluding carboxylic acids is 1. The fraction of sp³-hybridized carbons (Fsp3) is 0.267. The van der Waals surface area contributed by atoms with Crippen LogP contribution in [0.5, 0.6) is 0 Å². The maximum absolute atomic E-state index is 12.7. The van der Waals surface area contributed by atoms with Crippen molar-refractivity contribution in [3.63, 3.8) is 0 Å². The highest BCUT2D eigenvalue weighted by Crippen LogP contribution is 2.17. The number of nitrogens with zero attached hydrogens (tertiary/aromatic N) is 2. The molecule has 0 saturated heterocycles. The van der Waals surface area contributed by atoms with E-state index >= 15 is 0 Å². The summed E-state index contributed by atoms with van der Waals surface area (Å²) < 4.78 is 6.39. The van der Waals surface area contributed by atoms with Gasteiger partial charge in [0.05, 0.1) is 18.0 Å². The van der Waals surface area contributed by atoms with E-state index in [4.69, 9.17) is 4.74 Å². The van der Waals surface area contributed by atoms with Crippen molar-refractivity contribution < 1.29 is 9.53 Å². The van der Waals surface area contributed by atoms with Gasteiger partial charge in [0.2, 0.25) is 0 Å². The second kappa shape index (κ2) is 6.58. The molecule has 0 aliphatic carbocycles. The van der Waals surface area contributed by atoms with Gasteiger partial charge in [-0.3, -0.25) is 9.36 Å². The SMILES string of the molecule is CCOC(=O)c1c(C)nc(SC)n(-c2ccccc2)c1=O. The fourth-order valence-electron chi connectivity index (χ4n) is 1.98. The number of benzene rings is 1. The van der Waals surface area contributed by atoms with Crippen molar-refractivity contribution in [1.82, 2.24) is 9.55 Å². The predicted molar refractivity (Wildman–Crippen MR) is 82.3 cm³/mol. The van der Waals surface area contributed by atoms with Crippen molar-refractivity contribution in [1.29, 1.82) is 0 Å². The summed E-state index contributed by atoms with van der Waals surface area (Å²) in [5.74, 6) is -0.634. The summed E-state index contributed by atoms with van der Waals surface area (Å²) in [6.07, 6.45) is 1.84. The molecule has 21 heavy (non-hydrogen) atoms. The van der Waals surface area contributed by atoms with Gasteiger partial charge in [-0.2, -0.15) is 0 Å². The van der Waals surface area contributed by atoms with Crippen molar-refractivity contribution in [2.75, 3.05) is 12.9 Å². The van der Waals surface area contributed by atoms with E-state index in [9.17, 15) is 9.59 Å². The van der Waals surface area contributed by atoms with E-state index in [2.05, 4.69) is 4.98 Å². The molecule has 0 spiro atoms. The average molecular weight is 304 g/mol. The Morgan fingerprint density at radius 2 is 2.00 bits per heavy atom. The lowest BCUT2D eigenvalue weighted by atomic mass is 10.2. The van der Waals surface area contributed by atoms with Crippen LogP contribution in [0.25, 0.3) is 5.69 Å². The van der Waals surface area contributed by atoms with E-state index < -0.39 is 11.5 Å². The lowest BCUT2D eigenvalue weighted by molar-refractivity contribution is 0.0522. The summed E-state index contributed by atoms with van der Waals surface area (Å²) in [6.45, 7) is 3.56. The first kappa shape index (κ1) is 15.3. The maximum Gasteiger partial charge on any atom is 0.345 e. The summed E-state index contributed by atoms with van der Waals surface area (Å²) >= 11 is 1.35. The second-order valence-electron chi connectivity index (χ2n) is 4.26. The van der Waals surface area contributed by atoms with E-state index in [0.717, 1.165) is 0 Å². The van der Waals surface area contributed by atoms with E-state index in [-0.39, 0.29) is 12.2 Å². The van der Waals surface area contributed by atoms with Gasteiger partial charge in [0.1, 0.15) is 5.56 Å². The Bertz CT molecular complexity index is 711. The molecule has 0 amide bonds. The summed E-state index contributed by atoms with van der Waals surface area (Å²) in [5.41, 5.74) is 0.634. The number of hydrogen-bond acceptors (Lipinski definition) is 5.